The molecular weight excluding hydrogens is 444 g/mol. The van der Waals surface area contributed by atoms with Crippen LogP contribution in [-0.4, -0.2) is 33.2 Å². The van der Waals surface area contributed by atoms with Gasteiger partial charge in [0.05, 0.1) is 15.3 Å². The second-order valence-corrected chi connectivity index (χ2v) is 9.71. The SMILES string of the molecule is CC(C)S(=O)(=O)c1nsc2nc(=O)c(C=C3C=CC(=O)C(Br)=C3)c(N)n12. The Hall–Kier alpha value is -2.11. The number of fused-ring (bicyclic) bond motifs is 1. The van der Waals surface area contributed by atoms with Crippen LogP contribution in [0.15, 0.2) is 38.2 Å². The lowest BCUT2D eigenvalue weighted by atomic mass is 10.1. The molecule has 26 heavy (non-hydrogen) atoms. The van der Waals surface area contributed by atoms with Crippen molar-refractivity contribution in [3.05, 3.63) is 44.2 Å². The number of hydrogen-bond donors (Lipinski definition) is 1. The Morgan fingerprint density at radius 3 is 2.62 bits per heavy atom. The van der Waals surface area contributed by atoms with Gasteiger partial charge in [0.15, 0.2) is 5.78 Å². The van der Waals surface area contributed by atoms with Gasteiger partial charge in [0.25, 0.3) is 5.56 Å². The van der Waals surface area contributed by atoms with Crippen molar-refractivity contribution < 1.29 is 13.2 Å². The smallest absolute Gasteiger partial charge is 0.283 e. The number of rotatable bonds is 3. The quantitative estimate of drug-likeness (QED) is 0.744. The van der Waals surface area contributed by atoms with Crippen LogP contribution in [0, 0.1) is 0 Å². The molecule has 0 aromatic carbocycles. The van der Waals surface area contributed by atoms with Crippen molar-refractivity contribution in [2.45, 2.75) is 24.3 Å². The summed E-state index contributed by atoms with van der Waals surface area (Å²) < 4.78 is 30.5. The van der Waals surface area contributed by atoms with Crippen molar-refractivity contribution in [1.29, 1.82) is 0 Å². The van der Waals surface area contributed by atoms with E-state index in [0.717, 1.165) is 11.5 Å². The summed E-state index contributed by atoms with van der Waals surface area (Å²) in [6.07, 6.45) is 5.85. The van der Waals surface area contributed by atoms with E-state index < -0.39 is 20.6 Å². The molecule has 2 heterocycles. The number of ketones is 1. The minimum atomic E-state index is -3.72. The maximum Gasteiger partial charge on any atom is 0.283 e. The molecule has 2 aromatic heterocycles. The number of nitrogen functional groups attached to an aromatic ring is 1. The zero-order valence-corrected chi connectivity index (χ0v) is 16.9. The highest BCUT2D eigenvalue weighted by molar-refractivity contribution is 9.12. The Morgan fingerprint density at radius 2 is 2.00 bits per heavy atom. The molecule has 0 spiro atoms. The lowest BCUT2D eigenvalue weighted by Crippen LogP contribution is -2.21. The Kier molecular flexibility index (Phi) is 4.71. The molecule has 136 valence electrons. The summed E-state index contributed by atoms with van der Waals surface area (Å²) in [7, 11) is -3.72. The average Bonchev–Trinajstić information content (AvgIpc) is 2.99. The first-order valence-corrected chi connectivity index (χ1v) is 10.5. The molecule has 0 bridgehead atoms. The molecule has 0 fully saturated rings. The lowest BCUT2D eigenvalue weighted by Gasteiger charge is -2.09. The first kappa shape index (κ1) is 18.7. The van der Waals surface area contributed by atoms with E-state index in [1.165, 1.54) is 42.6 Å². The topological polar surface area (TPSA) is 124 Å². The van der Waals surface area contributed by atoms with Crippen LogP contribution in [0.3, 0.4) is 0 Å². The molecule has 0 radical (unpaired) electrons. The predicted molar refractivity (Wildman–Crippen MR) is 103 cm³/mol. The molecule has 0 unspecified atom stereocenters. The van der Waals surface area contributed by atoms with Crippen molar-refractivity contribution in [2.24, 2.45) is 0 Å². The number of halogens is 1. The van der Waals surface area contributed by atoms with Gasteiger partial charge >= 0.3 is 0 Å². The van der Waals surface area contributed by atoms with Crippen LogP contribution < -0.4 is 11.3 Å². The second kappa shape index (κ2) is 6.56. The predicted octanol–water partition coefficient (Wildman–Crippen LogP) is 1.72. The van der Waals surface area contributed by atoms with E-state index in [9.17, 15) is 18.0 Å². The largest absolute Gasteiger partial charge is 0.384 e. The highest BCUT2D eigenvalue weighted by Crippen LogP contribution is 2.25. The molecule has 2 N–H and O–H groups in total. The molecule has 0 aliphatic heterocycles. The van der Waals surface area contributed by atoms with Crippen LogP contribution in [0.2, 0.25) is 0 Å². The summed E-state index contributed by atoms with van der Waals surface area (Å²) in [6, 6.07) is 0. The summed E-state index contributed by atoms with van der Waals surface area (Å²) >= 11 is 3.92. The van der Waals surface area contributed by atoms with Gasteiger partial charge in [-0.2, -0.15) is 9.36 Å². The first-order chi connectivity index (χ1) is 12.1. The third-order valence-electron chi connectivity index (χ3n) is 3.67. The maximum absolute atomic E-state index is 12.5. The Labute approximate surface area is 161 Å². The highest BCUT2D eigenvalue weighted by atomic mass is 79.9. The highest BCUT2D eigenvalue weighted by Gasteiger charge is 2.27. The van der Waals surface area contributed by atoms with Crippen LogP contribution >= 0.6 is 27.5 Å². The molecule has 8 nitrogen and oxygen atoms in total. The normalized spacial score (nSPS) is 16.7. The summed E-state index contributed by atoms with van der Waals surface area (Å²) in [6.45, 7) is 3.06. The number of nitrogens with zero attached hydrogens (tertiary/aromatic N) is 3. The lowest BCUT2D eigenvalue weighted by molar-refractivity contribution is -0.110. The third kappa shape index (κ3) is 3.06. The van der Waals surface area contributed by atoms with Crippen molar-refractivity contribution >= 4 is 59.9 Å². The molecule has 0 atom stereocenters. The number of sulfone groups is 1. The van der Waals surface area contributed by atoms with E-state index in [0.29, 0.717) is 10.1 Å². The number of hydrogen-bond acceptors (Lipinski definition) is 8. The number of carbonyl (C=O) groups is 1. The minimum absolute atomic E-state index is 0.0217. The molecular formula is C15H13BrN4O4S2. The van der Waals surface area contributed by atoms with Crippen molar-refractivity contribution in [3.8, 4) is 0 Å². The summed E-state index contributed by atoms with van der Waals surface area (Å²) in [5.74, 6) is -0.275. The average molecular weight is 457 g/mol. The van der Waals surface area contributed by atoms with Crippen LogP contribution in [0.5, 0.6) is 0 Å². The molecule has 0 saturated heterocycles. The fourth-order valence-corrected chi connectivity index (χ4v) is 4.67. The molecule has 1 aliphatic carbocycles. The Morgan fingerprint density at radius 1 is 1.31 bits per heavy atom. The van der Waals surface area contributed by atoms with Gasteiger partial charge in [-0.1, -0.05) is 6.08 Å². The molecule has 11 heteroatoms. The van der Waals surface area contributed by atoms with Crippen molar-refractivity contribution in [2.75, 3.05) is 5.73 Å². The molecule has 1 aliphatic rings. The van der Waals surface area contributed by atoms with Gasteiger partial charge in [-0.3, -0.25) is 9.59 Å². The number of carbonyl (C=O) groups excluding carboxylic acids is 1. The standard InChI is InChI=1S/C15H13BrN4O4S2/c1-7(2)26(23,24)15-19-25-14-18-13(22)9(12(17)20(14)15)5-8-3-4-11(21)10(16)6-8/h3-7H,17H2,1-2H3. The van der Waals surface area contributed by atoms with Crippen molar-refractivity contribution in [3.63, 3.8) is 0 Å². The van der Waals surface area contributed by atoms with Crippen LogP contribution in [0.25, 0.3) is 11.0 Å². The second-order valence-electron chi connectivity index (χ2n) is 5.73. The summed E-state index contributed by atoms with van der Waals surface area (Å²) in [5, 5.41) is -0.956. The van der Waals surface area contributed by atoms with E-state index >= 15 is 0 Å². The number of aromatic nitrogens is 3. The van der Waals surface area contributed by atoms with E-state index in [-0.39, 0.29) is 27.3 Å². The third-order valence-corrected chi connectivity index (χ3v) is 7.14. The monoisotopic (exact) mass is 456 g/mol. The minimum Gasteiger partial charge on any atom is -0.384 e. The van der Waals surface area contributed by atoms with E-state index in [4.69, 9.17) is 5.73 Å². The first-order valence-electron chi connectivity index (χ1n) is 7.36. The fourth-order valence-electron chi connectivity index (χ4n) is 2.20. The van der Waals surface area contributed by atoms with Gasteiger partial charge in [0.1, 0.15) is 5.82 Å². The van der Waals surface area contributed by atoms with Crippen LogP contribution in [0.1, 0.15) is 19.4 Å². The number of allylic oxidation sites excluding steroid dienone is 5. The van der Waals surface area contributed by atoms with E-state index in [1.54, 1.807) is 0 Å². The Bertz CT molecular complexity index is 1190. The van der Waals surface area contributed by atoms with Gasteiger partial charge in [-0.15, -0.1) is 0 Å². The van der Waals surface area contributed by atoms with Gasteiger partial charge in [0, 0.05) is 11.5 Å². The van der Waals surface area contributed by atoms with Gasteiger partial charge < -0.3 is 5.73 Å². The van der Waals surface area contributed by atoms with Crippen LogP contribution in [-0.2, 0) is 14.6 Å². The van der Waals surface area contributed by atoms with Crippen LogP contribution in [0.4, 0.5) is 5.82 Å². The number of anilines is 1. The van der Waals surface area contributed by atoms with Gasteiger partial charge in [0.2, 0.25) is 20.0 Å². The van der Waals surface area contributed by atoms with E-state index in [1.807, 2.05) is 0 Å². The summed E-state index contributed by atoms with van der Waals surface area (Å²) in [5.41, 5.74) is 6.05. The fraction of sp³-hybridized carbons (Fsp3) is 0.200. The zero-order valence-electron chi connectivity index (χ0n) is 13.6. The molecule has 0 amide bonds. The molecule has 3 rings (SSSR count). The number of nitrogens with two attached hydrogens (primary N) is 1. The van der Waals surface area contributed by atoms with Crippen molar-refractivity contribution in [1.82, 2.24) is 13.8 Å². The van der Waals surface area contributed by atoms with E-state index in [2.05, 4.69) is 25.3 Å². The summed E-state index contributed by atoms with van der Waals surface area (Å²) in [4.78, 5) is 27.8. The molecule has 0 saturated carbocycles. The Balaban J connectivity index is 2.28. The van der Waals surface area contributed by atoms with Gasteiger partial charge in [-0.25, -0.2) is 12.8 Å². The van der Waals surface area contributed by atoms with Gasteiger partial charge in [-0.05, 0) is 53.6 Å². The zero-order chi connectivity index (χ0) is 19.2. The molecule has 2 aromatic rings. The maximum atomic E-state index is 12.5.